The van der Waals surface area contributed by atoms with Gasteiger partial charge in [-0.25, -0.2) is 22.9 Å². The van der Waals surface area contributed by atoms with Crippen LogP contribution < -0.4 is 5.73 Å². The molecule has 1 aliphatic heterocycles. The number of aliphatic hydroxyl groups is 3. The van der Waals surface area contributed by atoms with Gasteiger partial charge in [0, 0.05) is 30.9 Å². The van der Waals surface area contributed by atoms with E-state index >= 15 is 0 Å². The number of aliphatic carboxylic acids is 1. The molecular formula is C33H41F3N4O8. The molecule has 6 N–H and O–H groups in total. The highest BCUT2D eigenvalue weighted by atomic mass is 19.1. The molecule has 2 aromatic carbocycles. The number of nitrogens with two attached hydrogens (primary N) is 1. The summed E-state index contributed by atoms with van der Waals surface area (Å²) in [4.78, 5) is 31.6. The number of carbonyl (C=O) groups is 2. The topological polar surface area (TPSA) is 181 Å². The molecule has 1 aliphatic rings. The molecule has 3 aromatic rings. The molecule has 48 heavy (non-hydrogen) atoms. The summed E-state index contributed by atoms with van der Waals surface area (Å²) in [5.74, 6) is -3.46. The van der Waals surface area contributed by atoms with Crippen LogP contribution in [0.2, 0.25) is 0 Å². The van der Waals surface area contributed by atoms with Crippen LogP contribution in [0.1, 0.15) is 44.6 Å². The second-order valence-corrected chi connectivity index (χ2v) is 12.8. The lowest BCUT2D eigenvalue weighted by atomic mass is 9.84. The molecule has 1 saturated heterocycles. The Kier molecular flexibility index (Phi) is 12.0. The smallest absolute Gasteiger partial charge is 0.335 e. The number of carbonyl (C=O) groups excluding carboxylic acids is 1. The number of carboxylic acid groups (broad SMARTS) is 1. The van der Waals surface area contributed by atoms with Gasteiger partial charge in [-0.2, -0.15) is 0 Å². The fourth-order valence-corrected chi connectivity index (χ4v) is 5.58. The molecule has 0 saturated carbocycles. The molecule has 0 bridgehead atoms. The molecule has 1 aromatic heterocycles. The Balaban J connectivity index is 1.76. The zero-order valence-electron chi connectivity index (χ0n) is 26.7. The van der Waals surface area contributed by atoms with E-state index < -0.39 is 85.0 Å². The third-order valence-electron chi connectivity index (χ3n) is 8.03. The molecule has 12 nitrogen and oxygen atoms in total. The summed E-state index contributed by atoms with van der Waals surface area (Å²) in [6, 6.07) is 10.4. The summed E-state index contributed by atoms with van der Waals surface area (Å²) >= 11 is 0. The van der Waals surface area contributed by atoms with Crippen LogP contribution in [0.3, 0.4) is 0 Å². The Morgan fingerprint density at radius 2 is 1.77 bits per heavy atom. The average molecular weight is 679 g/mol. The van der Waals surface area contributed by atoms with Crippen LogP contribution in [0, 0.1) is 17.0 Å². The lowest BCUT2D eigenvalue weighted by Gasteiger charge is -2.41. The van der Waals surface area contributed by atoms with Crippen molar-refractivity contribution in [1.82, 2.24) is 14.5 Å². The van der Waals surface area contributed by atoms with E-state index in [2.05, 4.69) is 0 Å². The van der Waals surface area contributed by atoms with E-state index in [0.717, 1.165) is 23.8 Å². The minimum absolute atomic E-state index is 0.00808. The van der Waals surface area contributed by atoms with Crippen molar-refractivity contribution in [2.24, 2.45) is 11.1 Å². The molecule has 0 aliphatic carbocycles. The first-order valence-corrected chi connectivity index (χ1v) is 15.3. The quantitative estimate of drug-likeness (QED) is 0.180. The van der Waals surface area contributed by atoms with Gasteiger partial charge in [0.15, 0.2) is 12.4 Å². The predicted octanol–water partition coefficient (Wildman–Crippen LogP) is 2.39. The molecule has 262 valence electrons. The Morgan fingerprint density at radius 3 is 2.40 bits per heavy atom. The zero-order chi connectivity index (χ0) is 35.3. The standard InChI is InChI=1S/C33H41F3N4O8/c1-33(2,3)29(30-38-23(21-13-19(35)9-10-22(21)36)16-39(30)15-18-7-5-4-6-8-18)40(12-11-20(37)14-34)24(41)17-47-32-27(44)25(42)26(43)28(48-32)31(45)46/h4-10,13,16,20,25-29,32,42-44H,11-12,14-15,17,37H2,1-3H3,(H,45,46)/t20-,25-,26-,27+,28-,29-,32+/m0/s1. The molecule has 1 fully saturated rings. The number of hydrogen-bond donors (Lipinski definition) is 5. The van der Waals surface area contributed by atoms with Crippen molar-refractivity contribution in [1.29, 1.82) is 0 Å². The van der Waals surface area contributed by atoms with Crippen molar-refractivity contribution in [3.05, 3.63) is 77.8 Å². The van der Waals surface area contributed by atoms with E-state index in [9.17, 15) is 43.2 Å². The number of amides is 1. The molecule has 7 atom stereocenters. The van der Waals surface area contributed by atoms with Gasteiger partial charge in [0.1, 0.15) is 49.1 Å². The number of halogens is 3. The van der Waals surface area contributed by atoms with Gasteiger partial charge in [0.05, 0.1) is 11.7 Å². The third kappa shape index (κ3) is 8.59. The Labute approximate surface area is 275 Å². The number of aliphatic hydroxyl groups excluding tert-OH is 3. The monoisotopic (exact) mass is 678 g/mol. The van der Waals surface area contributed by atoms with Gasteiger partial charge in [-0.3, -0.25) is 4.79 Å². The highest BCUT2D eigenvalue weighted by Gasteiger charge is 2.48. The van der Waals surface area contributed by atoms with Gasteiger partial charge in [0.25, 0.3) is 0 Å². The van der Waals surface area contributed by atoms with Crippen molar-refractivity contribution in [2.45, 2.75) is 76.5 Å². The summed E-state index contributed by atoms with van der Waals surface area (Å²) in [7, 11) is 0. The first kappa shape index (κ1) is 37.0. The van der Waals surface area contributed by atoms with Crippen LogP contribution in [0.5, 0.6) is 0 Å². The lowest BCUT2D eigenvalue weighted by Crippen LogP contribution is -2.60. The van der Waals surface area contributed by atoms with Gasteiger partial charge in [-0.15, -0.1) is 0 Å². The second-order valence-electron chi connectivity index (χ2n) is 12.8. The number of nitrogens with zero attached hydrogens (tertiary/aromatic N) is 3. The van der Waals surface area contributed by atoms with Crippen LogP contribution in [-0.4, -0.2) is 103 Å². The maximum atomic E-state index is 15.0. The second kappa shape index (κ2) is 15.6. The van der Waals surface area contributed by atoms with Crippen molar-refractivity contribution in [2.75, 3.05) is 19.8 Å². The highest BCUT2D eigenvalue weighted by molar-refractivity contribution is 5.78. The summed E-state index contributed by atoms with van der Waals surface area (Å²) in [6.07, 6.45) is -8.00. The molecule has 0 unspecified atom stereocenters. The van der Waals surface area contributed by atoms with E-state index in [1.807, 2.05) is 51.1 Å². The zero-order valence-corrected chi connectivity index (χ0v) is 26.7. The first-order valence-electron chi connectivity index (χ1n) is 15.3. The number of alkyl halides is 1. The number of hydrogen-bond acceptors (Lipinski definition) is 9. The summed E-state index contributed by atoms with van der Waals surface area (Å²) in [5.41, 5.74) is 5.92. The highest BCUT2D eigenvalue weighted by Crippen LogP contribution is 2.40. The van der Waals surface area contributed by atoms with E-state index in [1.165, 1.54) is 4.90 Å². The fraction of sp³-hybridized carbons (Fsp3) is 0.485. The molecule has 4 rings (SSSR count). The summed E-state index contributed by atoms with van der Waals surface area (Å²) in [5, 5.41) is 40.0. The van der Waals surface area contributed by atoms with Gasteiger partial charge in [0.2, 0.25) is 5.91 Å². The third-order valence-corrected chi connectivity index (χ3v) is 8.03. The Morgan fingerprint density at radius 1 is 1.08 bits per heavy atom. The lowest BCUT2D eigenvalue weighted by molar-refractivity contribution is -0.292. The van der Waals surface area contributed by atoms with Gasteiger partial charge in [-0.05, 0) is 35.6 Å². The van der Waals surface area contributed by atoms with E-state index in [-0.39, 0.29) is 36.6 Å². The van der Waals surface area contributed by atoms with Gasteiger partial charge >= 0.3 is 5.97 Å². The SMILES string of the molecule is CC(C)(C)[C@H](c1nc(-c2cc(F)ccc2F)cn1Cc1ccccc1)N(CC[C@H](N)CF)C(=O)CO[C@@H]1O[C@H](C(=O)O)[C@@H](O)[C@H](O)[C@H]1O. The Hall–Kier alpha value is -3.86. The predicted molar refractivity (Wildman–Crippen MR) is 166 cm³/mol. The van der Waals surface area contributed by atoms with E-state index in [4.69, 9.17) is 20.2 Å². The van der Waals surface area contributed by atoms with Crippen molar-refractivity contribution in [3.63, 3.8) is 0 Å². The molecule has 2 heterocycles. The number of aromatic nitrogens is 2. The van der Waals surface area contributed by atoms with Crippen LogP contribution in [-0.2, 0) is 25.6 Å². The van der Waals surface area contributed by atoms with Crippen LogP contribution in [0.15, 0.2) is 54.7 Å². The maximum Gasteiger partial charge on any atom is 0.335 e. The minimum Gasteiger partial charge on any atom is -0.479 e. The summed E-state index contributed by atoms with van der Waals surface area (Å²) in [6.45, 7) is 3.91. The molecule has 15 heteroatoms. The van der Waals surface area contributed by atoms with Gasteiger partial charge in [-0.1, -0.05) is 51.1 Å². The normalized spacial score (nSPS) is 22.7. The number of imidazole rings is 1. The van der Waals surface area contributed by atoms with Crippen LogP contribution in [0.25, 0.3) is 11.3 Å². The Bertz CT molecular complexity index is 1550. The number of rotatable bonds is 13. The maximum absolute atomic E-state index is 15.0. The van der Waals surface area contributed by atoms with E-state index in [0.29, 0.717) is 0 Å². The molecule has 0 spiro atoms. The summed E-state index contributed by atoms with van der Waals surface area (Å²) < 4.78 is 55.1. The van der Waals surface area contributed by atoms with Crippen LogP contribution >= 0.6 is 0 Å². The molecular weight excluding hydrogens is 637 g/mol. The molecule has 1 amide bonds. The first-order chi connectivity index (χ1) is 22.6. The largest absolute Gasteiger partial charge is 0.479 e. The van der Waals surface area contributed by atoms with Gasteiger partial charge < -0.3 is 45.1 Å². The fourth-order valence-electron chi connectivity index (χ4n) is 5.58. The number of carboxylic acids is 1. The number of benzene rings is 2. The van der Waals surface area contributed by atoms with E-state index in [1.54, 1.807) is 10.8 Å². The number of ether oxygens (including phenoxy) is 2. The van der Waals surface area contributed by atoms with Crippen molar-refractivity contribution in [3.8, 4) is 11.3 Å². The average Bonchev–Trinajstić information content (AvgIpc) is 3.44. The minimum atomic E-state index is -1.96. The van der Waals surface area contributed by atoms with Crippen LogP contribution in [0.4, 0.5) is 13.2 Å². The van der Waals surface area contributed by atoms with Crippen molar-refractivity contribution < 1.29 is 52.7 Å². The van der Waals surface area contributed by atoms with Crippen molar-refractivity contribution >= 4 is 11.9 Å². The molecule has 0 radical (unpaired) electrons.